The predicted molar refractivity (Wildman–Crippen MR) is 79.6 cm³/mol. The van der Waals surface area contributed by atoms with Crippen LogP contribution in [0.3, 0.4) is 0 Å². The standard InChI is InChI=1S/C15H22N2O6/c1-16-6-3-5-10(16)9-4-2-7-17(14(9)21)23-15-13(20)12(19)11(8-18)22-15/h2,4,7,10-13,15,18-20H,3,5-6,8H2,1H3/t10-,11+,12+,13+,15-/m0/s1. The van der Waals surface area contributed by atoms with E-state index < -0.39 is 31.2 Å². The van der Waals surface area contributed by atoms with E-state index in [4.69, 9.17) is 14.7 Å². The minimum absolute atomic E-state index is 0.0451. The smallest absolute Gasteiger partial charge is 0.287 e. The Hall–Kier alpha value is -1.45. The van der Waals surface area contributed by atoms with E-state index in [0.717, 1.165) is 24.1 Å². The zero-order valence-corrected chi connectivity index (χ0v) is 12.9. The lowest BCUT2D eigenvalue weighted by molar-refractivity contribution is -0.173. The molecule has 0 aliphatic carbocycles. The molecule has 1 aromatic heterocycles. The Morgan fingerprint density at radius 1 is 1.39 bits per heavy atom. The van der Waals surface area contributed by atoms with Gasteiger partial charge in [-0.05, 0) is 32.5 Å². The number of aliphatic hydroxyl groups is 3. The van der Waals surface area contributed by atoms with Crippen LogP contribution in [0.1, 0.15) is 24.4 Å². The van der Waals surface area contributed by atoms with Gasteiger partial charge in [-0.15, -0.1) is 4.73 Å². The second-order valence-corrected chi connectivity index (χ2v) is 6.05. The average molecular weight is 326 g/mol. The van der Waals surface area contributed by atoms with Gasteiger partial charge in [-0.1, -0.05) is 6.07 Å². The fourth-order valence-corrected chi connectivity index (χ4v) is 3.20. The van der Waals surface area contributed by atoms with Crippen LogP contribution in [0.15, 0.2) is 23.1 Å². The summed E-state index contributed by atoms with van der Waals surface area (Å²) in [5.74, 6) is 0. The third kappa shape index (κ3) is 3.00. The molecule has 0 bridgehead atoms. The van der Waals surface area contributed by atoms with Crippen molar-refractivity contribution in [2.45, 2.75) is 43.5 Å². The summed E-state index contributed by atoms with van der Waals surface area (Å²) in [6, 6.07) is 3.51. The first-order valence-corrected chi connectivity index (χ1v) is 7.74. The Morgan fingerprint density at radius 2 is 2.17 bits per heavy atom. The van der Waals surface area contributed by atoms with Gasteiger partial charge >= 0.3 is 0 Å². The largest absolute Gasteiger partial charge is 0.394 e. The van der Waals surface area contributed by atoms with Gasteiger partial charge in [0.15, 0.2) is 0 Å². The average Bonchev–Trinajstić information content (AvgIpc) is 3.08. The zero-order chi connectivity index (χ0) is 16.6. The van der Waals surface area contributed by atoms with Crippen molar-refractivity contribution in [3.05, 3.63) is 34.2 Å². The molecule has 1 aromatic rings. The fourth-order valence-electron chi connectivity index (χ4n) is 3.20. The summed E-state index contributed by atoms with van der Waals surface area (Å²) in [6.07, 6.45) is -1.36. The molecule has 0 amide bonds. The SMILES string of the molecule is CN1CCC[C@H]1c1cccn(O[C@@H]2O[C@H](CO)[C@@H](O)[C@H]2O)c1=O. The molecule has 2 fully saturated rings. The molecule has 0 unspecified atom stereocenters. The second kappa shape index (κ2) is 6.58. The van der Waals surface area contributed by atoms with E-state index >= 15 is 0 Å². The van der Waals surface area contributed by atoms with Crippen LogP contribution in [0.4, 0.5) is 0 Å². The summed E-state index contributed by atoms with van der Waals surface area (Å²) in [5.41, 5.74) is 0.309. The van der Waals surface area contributed by atoms with Crippen LogP contribution in [0.2, 0.25) is 0 Å². The number of hydrogen-bond acceptors (Lipinski definition) is 7. The van der Waals surface area contributed by atoms with Crippen LogP contribution in [0.5, 0.6) is 0 Å². The topological polar surface area (TPSA) is 104 Å². The maximum atomic E-state index is 12.6. The number of hydrogen-bond donors (Lipinski definition) is 3. The van der Waals surface area contributed by atoms with Gasteiger partial charge in [0.25, 0.3) is 11.8 Å². The highest BCUT2D eigenvalue weighted by molar-refractivity contribution is 5.16. The van der Waals surface area contributed by atoms with E-state index in [1.54, 1.807) is 12.1 Å². The van der Waals surface area contributed by atoms with E-state index in [1.807, 2.05) is 7.05 Å². The Kier molecular flexibility index (Phi) is 4.69. The van der Waals surface area contributed by atoms with Crippen LogP contribution < -0.4 is 10.4 Å². The molecule has 0 radical (unpaired) electrons. The first kappa shape index (κ1) is 16.4. The van der Waals surface area contributed by atoms with E-state index in [0.29, 0.717) is 5.56 Å². The van der Waals surface area contributed by atoms with Gasteiger partial charge in [0.1, 0.15) is 18.3 Å². The Bertz CT molecular complexity index is 606. The lowest BCUT2D eigenvalue weighted by atomic mass is 10.1. The molecule has 3 heterocycles. The first-order valence-electron chi connectivity index (χ1n) is 7.74. The fraction of sp³-hybridized carbons (Fsp3) is 0.667. The molecule has 2 aliphatic heterocycles. The summed E-state index contributed by atoms with van der Waals surface area (Å²) in [4.78, 5) is 20.1. The second-order valence-electron chi connectivity index (χ2n) is 6.05. The van der Waals surface area contributed by atoms with Crippen molar-refractivity contribution in [2.75, 3.05) is 20.2 Å². The Labute approximate surface area is 133 Å². The number of rotatable bonds is 4. The molecule has 2 saturated heterocycles. The summed E-state index contributed by atoms with van der Waals surface area (Å²) >= 11 is 0. The van der Waals surface area contributed by atoms with Gasteiger partial charge in [0, 0.05) is 17.8 Å². The van der Waals surface area contributed by atoms with Crippen LogP contribution in [-0.4, -0.2) is 69.8 Å². The lowest BCUT2D eigenvalue weighted by Crippen LogP contribution is -2.42. The quantitative estimate of drug-likeness (QED) is 0.617. The van der Waals surface area contributed by atoms with Crippen molar-refractivity contribution in [1.82, 2.24) is 9.63 Å². The van der Waals surface area contributed by atoms with E-state index in [-0.39, 0.29) is 11.6 Å². The minimum Gasteiger partial charge on any atom is -0.394 e. The number of pyridine rings is 1. The molecule has 0 aromatic carbocycles. The molecule has 3 N–H and O–H groups in total. The van der Waals surface area contributed by atoms with Crippen LogP contribution in [0, 0.1) is 0 Å². The summed E-state index contributed by atoms with van der Waals surface area (Å²) in [6.45, 7) is 0.495. The predicted octanol–water partition coefficient (Wildman–Crippen LogP) is -1.52. The highest BCUT2D eigenvalue weighted by Gasteiger charge is 2.44. The molecule has 0 spiro atoms. The normalized spacial score (nSPS) is 34.9. The molecule has 3 rings (SSSR count). The maximum absolute atomic E-state index is 12.6. The minimum atomic E-state index is -1.34. The molecule has 128 valence electrons. The third-order valence-electron chi connectivity index (χ3n) is 4.54. The number of likely N-dealkylation sites (tertiary alicyclic amines) is 1. The van der Waals surface area contributed by atoms with Crippen LogP contribution >= 0.6 is 0 Å². The molecular formula is C15H22N2O6. The van der Waals surface area contributed by atoms with Crippen molar-refractivity contribution in [3.8, 4) is 0 Å². The van der Waals surface area contributed by atoms with E-state index in [1.165, 1.54) is 6.20 Å². The van der Waals surface area contributed by atoms with Crippen molar-refractivity contribution in [2.24, 2.45) is 0 Å². The molecular weight excluding hydrogens is 304 g/mol. The molecule has 5 atom stereocenters. The van der Waals surface area contributed by atoms with Gasteiger partial charge in [0.2, 0.25) is 0 Å². The summed E-state index contributed by atoms with van der Waals surface area (Å²) in [7, 11) is 1.97. The van der Waals surface area contributed by atoms with Crippen molar-refractivity contribution < 1.29 is 24.9 Å². The van der Waals surface area contributed by atoms with Gasteiger partial charge < -0.3 is 24.9 Å². The number of aromatic nitrogens is 1. The number of aliphatic hydroxyl groups excluding tert-OH is 3. The molecule has 8 nitrogen and oxygen atoms in total. The number of ether oxygens (including phenoxy) is 1. The molecule has 0 saturated carbocycles. The monoisotopic (exact) mass is 326 g/mol. The van der Waals surface area contributed by atoms with Crippen molar-refractivity contribution in [3.63, 3.8) is 0 Å². The highest BCUT2D eigenvalue weighted by Crippen LogP contribution is 2.28. The number of nitrogens with zero attached hydrogens (tertiary/aromatic N) is 2. The third-order valence-corrected chi connectivity index (χ3v) is 4.54. The lowest BCUT2D eigenvalue weighted by Gasteiger charge is -2.21. The van der Waals surface area contributed by atoms with Crippen LogP contribution in [-0.2, 0) is 4.74 Å². The first-order chi connectivity index (χ1) is 11.0. The van der Waals surface area contributed by atoms with Crippen molar-refractivity contribution >= 4 is 0 Å². The van der Waals surface area contributed by atoms with Gasteiger partial charge in [0.05, 0.1) is 6.61 Å². The zero-order valence-electron chi connectivity index (χ0n) is 12.9. The molecule has 8 heteroatoms. The Morgan fingerprint density at radius 3 is 2.78 bits per heavy atom. The van der Waals surface area contributed by atoms with E-state index in [9.17, 15) is 15.0 Å². The van der Waals surface area contributed by atoms with Gasteiger partial charge in [-0.2, -0.15) is 0 Å². The molecule has 23 heavy (non-hydrogen) atoms. The van der Waals surface area contributed by atoms with Gasteiger partial charge in [-0.25, -0.2) is 0 Å². The maximum Gasteiger partial charge on any atom is 0.287 e. The highest BCUT2D eigenvalue weighted by atomic mass is 16.8. The summed E-state index contributed by atoms with van der Waals surface area (Å²) < 4.78 is 6.25. The Balaban J connectivity index is 1.80. The van der Waals surface area contributed by atoms with E-state index in [2.05, 4.69) is 4.90 Å². The van der Waals surface area contributed by atoms with Gasteiger partial charge in [-0.3, -0.25) is 9.69 Å². The van der Waals surface area contributed by atoms with Crippen LogP contribution in [0.25, 0.3) is 0 Å². The molecule has 2 aliphatic rings. The summed E-state index contributed by atoms with van der Waals surface area (Å²) in [5, 5.41) is 28.7. The van der Waals surface area contributed by atoms with Crippen molar-refractivity contribution in [1.29, 1.82) is 0 Å².